The fourth-order valence-electron chi connectivity index (χ4n) is 2.29. The molecule has 2 heterocycles. The number of rotatable bonds is 2. The van der Waals surface area contributed by atoms with Gasteiger partial charge in [0.15, 0.2) is 5.82 Å². The van der Waals surface area contributed by atoms with E-state index in [2.05, 4.69) is 9.97 Å². The maximum Gasteiger partial charge on any atom is 0.289 e. The molecule has 0 radical (unpaired) electrons. The van der Waals surface area contributed by atoms with Gasteiger partial charge in [0.2, 0.25) is 6.41 Å². The van der Waals surface area contributed by atoms with Crippen molar-refractivity contribution >= 4 is 46.6 Å². The van der Waals surface area contributed by atoms with Gasteiger partial charge in [-0.05, 0) is 12.1 Å². The van der Waals surface area contributed by atoms with E-state index >= 15 is 0 Å². The van der Waals surface area contributed by atoms with Gasteiger partial charge in [0.05, 0.1) is 21.1 Å². The lowest BCUT2D eigenvalue weighted by Crippen LogP contribution is -2.48. The normalized spacial score (nSPS) is 15.5. The molecule has 6 nitrogen and oxygen atoms in total. The monoisotopic (exact) mass is 326 g/mol. The Balaban J connectivity index is 1.83. The molecule has 0 atom stereocenters. The first-order valence-corrected chi connectivity index (χ1v) is 7.17. The molecule has 1 saturated heterocycles. The highest BCUT2D eigenvalue weighted by atomic mass is 35.5. The summed E-state index contributed by atoms with van der Waals surface area (Å²) in [5, 5.41) is 0.806. The number of fused-ring (bicyclic) bond motifs is 1. The SMILES string of the molecule is O=CN1CCN(C(=O)c2nc3cc(Cl)c(Cl)cc3[nH]2)CC1. The van der Waals surface area contributed by atoms with Crippen LogP contribution in [0.25, 0.3) is 11.0 Å². The first-order chi connectivity index (χ1) is 10.1. The number of imidazole rings is 1. The van der Waals surface area contributed by atoms with E-state index in [1.54, 1.807) is 21.9 Å². The minimum atomic E-state index is -0.191. The summed E-state index contributed by atoms with van der Waals surface area (Å²) in [7, 11) is 0. The molecule has 0 bridgehead atoms. The van der Waals surface area contributed by atoms with Gasteiger partial charge in [0.25, 0.3) is 5.91 Å². The highest BCUT2D eigenvalue weighted by Gasteiger charge is 2.23. The first-order valence-electron chi connectivity index (χ1n) is 6.42. The number of aromatic amines is 1. The Bertz CT molecular complexity index is 669. The highest BCUT2D eigenvalue weighted by molar-refractivity contribution is 6.42. The second-order valence-electron chi connectivity index (χ2n) is 4.80. The van der Waals surface area contributed by atoms with Gasteiger partial charge in [-0.15, -0.1) is 0 Å². The van der Waals surface area contributed by atoms with Crippen molar-refractivity contribution in [3.63, 3.8) is 0 Å². The lowest BCUT2D eigenvalue weighted by atomic mass is 10.3. The number of piperazine rings is 1. The van der Waals surface area contributed by atoms with Gasteiger partial charge in [0, 0.05) is 26.2 Å². The number of nitrogens with one attached hydrogen (secondary N) is 1. The molecule has 1 aromatic carbocycles. The number of aromatic nitrogens is 2. The summed E-state index contributed by atoms with van der Waals surface area (Å²) in [5.74, 6) is 0.0619. The number of carbonyl (C=O) groups is 2. The molecule has 110 valence electrons. The summed E-state index contributed by atoms with van der Waals surface area (Å²) in [5.41, 5.74) is 1.26. The van der Waals surface area contributed by atoms with Crippen LogP contribution in [0.3, 0.4) is 0 Å². The molecular weight excluding hydrogens is 315 g/mol. The van der Waals surface area contributed by atoms with Crippen molar-refractivity contribution in [2.45, 2.75) is 0 Å². The van der Waals surface area contributed by atoms with Crippen molar-refractivity contribution in [1.29, 1.82) is 0 Å². The van der Waals surface area contributed by atoms with E-state index in [4.69, 9.17) is 23.2 Å². The molecule has 0 spiro atoms. The van der Waals surface area contributed by atoms with E-state index in [1.165, 1.54) is 0 Å². The van der Waals surface area contributed by atoms with Gasteiger partial charge in [-0.3, -0.25) is 9.59 Å². The van der Waals surface area contributed by atoms with Crippen molar-refractivity contribution in [2.24, 2.45) is 0 Å². The maximum atomic E-state index is 12.4. The molecule has 0 aliphatic carbocycles. The molecule has 1 fully saturated rings. The Morgan fingerprint density at radius 2 is 1.86 bits per heavy atom. The minimum absolute atomic E-state index is 0.191. The van der Waals surface area contributed by atoms with Gasteiger partial charge < -0.3 is 14.8 Å². The Morgan fingerprint density at radius 1 is 1.19 bits per heavy atom. The molecule has 21 heavy (non-hydrogen) atoms. The quantitative estimate of drug-likeness (QED) is 0.855. The largest absolute Gasteiger partial charge is 0.342 e. The summed E-state index contributed by atoms with van der Waals surface area (Å²) in [6, 6.07) is 3.27. The summed E-state index contributed by atoms with van der Waals surface area (Å²) in [6.45, 7) is 2.06. The Kier molecular flexibility index (Phi) is 3.73. The number of amides is 2. The number of halogens is 2. The molecular formula is C13H12Cl2N4O2. The Labute approximate surface area is 130 Å². The molecule has 0 unspecified atom stereocenters. The molecule has 0 saturated carbocycles. The number of nitrogens with zero attached hydrogens (tertiary/aromatic N) is 3. The topological polar surface area (TPSA) is 69.3 Å². The van der Waals surface area contributed by atoms with E-state index in [9.17, 15) is 9.59 Å². The molecule has 1 N–H and O–H groups in total. The van der Waals surface area contributed by atoms with Gasteiger partial charge in [-0.2, -0.15) is 0 Å². The predicted octanol–water partition coefficient (Wildman–Crippen LogP) is 1.78. The average Bonchev–Trinajstić information content (AvgIpc) is 2.90. The summed E-state index contributed by atoms with van der Waals surface area (Å²) in [4.78, 5) is 33.6. The van der Waals surface area contributed by atoms with E-state index in [0.717, 1.165) is 6.41 Å². The van der Waals surface area contributed by atoms with Crippen LogP contribution < -0.4 is 0 Å². The van der Waals surface area contributed by atoms with Crippen LogP contribution in [0, 0.1) is 0 Å². The van der Waals surface area contributed by atoms with Crippen molar-refractivity contribution < 1.29 is 9.59 Å². The van der Waals surface area contributed by atoms with E-state index < -0.39 is 0 Å². The third-order valence-corrected chi connectivity index (χ3v) is 4.20. The van der Waals surface area contributed by atoms with Crippen molar-refractivity contribution in [3.8, 4) is 0 Å². The second-order valence-corrected chi connectivity index (χ2v) is 5.62. The molecule has 1 aromatic heterocycles. The number of carbonyl (C=O) groups excluding carboxylic acids is 2. The van der Waals surface area contributed by atoms with Crippen LogP contribution in [-0.4, -0.2) is 58.3 Å². The zero-order chi connectivity index (χ0) is 15.0. The minimum Gasteiger partial charge on any atom is -0.342 e. The third kappa shape index (κ3) is 2.69. The second kappa shape index (κ2) is 5.54. The van der Waals surface area contributed by atoms with Crippen LogP contribution >= 0.6 is 23.2 Å². The lowest BCUT2D eigenvalue weighted by Gasteiger charge is -2.31. The lowest BCUT2D eigenvalue weighted by molar-refractivity contribution is -0.119. The maximum absolute atomic E-state index is 12.4. The van der Waals surface area contributed by atoms with Crippen LogP contribution in [0.1, 0.15) is 10.6 Å². The van der Waals surface area contributed by atoms with Gasteiger partial charge in [0.1, 0.15) is 0 Å². The summed E-state index contributed by atoms with van der Waals surface area (Å²) < 4.78 is 0. The third-order valence-electron chi connectivity index (χ3n) is 3.48. The van der Waals surface area contributed by atoms with E-state index in [0.29, 0.717) is 47.3 Å². The van der Waals surface area contributed by atoms with Crippen LogP contribution in [0.5, 0.6) is 0 Å². The van der Waals surface area contributed by atoms with Gasteiger partial charge >= 0.3 is 0 Å². The first kappa shape index (κ1) is 14.2. The molecule has 3 rings (SSSR count). The molecule has 2 amide bonds. The van der Waals surface area contributed by atoms with Gasteiger partial charge in [-0.25, -0.2) is 4.98 Å². The Hall–Kier alpha value is -1.79. The smallest absolute Gasteiger partial charge is 0.289 e. The summed E-state index contributed by atoms with van der Waals surface area (Å²) >= 11 is 11.9. The number of hydrogen-bond donors (Lipinski definition) is 1. The van der Waals surface area contributed by atoms with E-state index in [1.807, 2.05) is 0 Å². The zero-order valence-corrected chi connectivity index (χ0v) is 12.5. The van der Waals surface area contributed by atoms with Crippen molar-refractivity contribution in [3.05, 3.63) is 28.0 Å². The molecule has 2 aromatic rings. The van der Waals surface area contributed by atoms with E-state index in [-0.39, 0.29) is 11.7 Å². The van der Waals surface area contributed by atoms with Crippen LogP contribution in [0.15, 0.2) is 12.1 Å². The zero-order valence-electron chi connectivity index (χ0n) is 11.0. The molecule has 1 aliphatic rings. The van der Waals surface area contributed by atoms with Gasteiger partial charge in [-0.1, -0.05) is 23.2 Å². The van der Waals surface area contributed by atoms with Crippen molar-refractivity contribution in [1.82, 2.24) is 19.8 Å². The summed E-state index contributed by atoms with van der Waals surface area (Å²) in [6.07, 6.45) is 0.799. The highest BCUT2D eigenvalue weighted by Crippen LogP contribution is 2.26. The predicted molar refractivity (Wildman–Crippen MR) is 79.7 cm³/mol. The number of benzene rings is 1. The average molecular weight is 327 g/mol. The fraction of sp³-hybridized carbons (Fsp3) is 0.308. The molecule has 1 aliphatic heterocycles. The van der Waals surface area contributed by atoms with Crippen LogP contribution in [-0.2, 0) is 4.79 Å². The van der Waals surface area contributed by atoms with Crippen LogP contribution in [0.2, 0.25) is 10.0 Å². The van der Waals surface area contributed by atoms with Crippen molar-refractivity contribution in [2.75, 3.05) is 26.2 Å². The number of hydrogen-bond acceptors (Lipinski definition) is 3. The Morgan fingerprint density at radius 3 is 2.52 bits per heavy atom. The standard InChI is InChI=1S/C13H12Cl2N4O2/c14-8-5-10-11(6-9(8)15)17-12(16-10)13(21)19-3-1-18(7-20)2-4-19/h5-7H,1-4H2,(H,16,17). The molecule has 8 heteroatoms. The fourth-order valence-corrected chi connectivity index (χ4v) is 2.61. The van der Waals surface area contributed by atoms with Crippen LogP contribution in [0.4, 0.5) is 0 Å². The number of H-pyrrole nitrogens is 1.